The maximum absolute atomic E-state index is 12.3. The fourth-order valence-electron chi connectivity index (χ4n) is 2.51. The van der Waals surface area contributed by atoms with E-state index in [0.29, 0.717) is 6.61 Å². The quantitative estimate of drug-likeness (QED) is 0.570. The second-order valence-electron chi connectivity index (χ2n) is 5.32. The summed E-state index contributed by atoms with van der Waals surface area (Å²) >= 11 is 0. The van der Waals surface area contributed by atoms with Crippen LogP contribution in [0.1, 0.15) is 37.7 Å². The number of nitrogens with two attached hydrogens (primary N) is 1. The molecular weight excluding hydrogens is 316 g/mol. The number of carbonyl (C=O) groups is 1. The molecule has 128 valence electrons. The summed E-state index contributed by atoms with van der Waals surface area (Å²) < 4.78 is 10.6. The number of aromatic amines is 1. The molecule has 0 saturated carbocycles. The number of hydrogen-bond acceptors (Lipinski definition) is 4. The van der Waals surface area contributed by atoms with Gasteiger partial charge in [0.2, 0.25) is 0 Å². The number of carbonyl (C=O) groups excluding carboxylic acids is 1. The van der Waals surface area contributed by atoms with Gasteiger partial charge < -0.3 is 20.2 Å². The second-order valence-corrected chi connectivity index (χ2v) is 5.32. The Bertz CT molecular complexity index is 627. The largest absolute Gasteiger partial charge is 0.497 e. The predicted octanol–water partition coefficient (Wildman–Crippen LogP) is 3.37. The molecule has 2 aromatic rings. The summed E-state index contributed by atoms with van der Waals surface area (Å²) in [6.07, 6.45) is 4.88. The van der Waals surface area contributed by atoms with Gasteiger partial charge in [-0.2, -0.15) is 0 Å². The molecule has 0 amide bonds. The van der Waals surface area contributed by atoms with Gasteiger partial charge >= 0.3 is 5.97 Å². The van der Waals surface area contributed by atoms with Crippen molar-refractivity contribution in [3.8, 4) is 5.75 Å². The Morgan fingerprint density at radius 3 is 2.78 bits per heavy atom. The Hall–Kier alpha value is -1.72. The summed E-state index contributed by atoms with van der Waals surface area (Å²) in [5, 5.41) is 0.945. The van der Waals surface area contributed by atoms with Crippen molar-refractivity contribution >= 4 is 29.3 Å². The van der Waals surface area contributed by atoms with Crippen molar-refractivity contribution in [2.45, 2.75) is 32.1 Å². The normalized spacial score (nSPS) is 11.8. The van der Waals surface area contributed by atoms with Crippen LogP contribution in [0.4, 0.5) is 0 Å². The molecule has 0 spiro atoms. The summed E-state index contributed by atoms with van der Waals surface area (Å²) in [6, 6.07) is 5.72. The van der Waals surface area contributed by atoms with Crippen molar-refractivity contribution in [3.63, 3.8) is 0 Å². The van der Waals surface area contributed by atoms with Crippen LogP contribution in [0.25, 0.3) is 10.9 Å². The maximum Gasteiger partial charge on any atom is 0.314 e. The van der Waals surface area contributed by atoms with E-state index in [4.69, 9.17) is 15.2 Å². The van der Waals surface area contributed by atoms with E-state index in [1.54, 1.807) is 7.11 Å². The SMILES string of the molecule is CCCCCOC(=O)C(CN)c1c[nH]c2ccc(OC)cc12.Cl. The lowest BCUT2D eigenvalue weighted by Crippen LogP contribution is -2.24. The van der Waals surface area contributed by atoms with E-state index < -0.39 is 5.92 Å². The molecule has 3 N–H and O–H groups in total. The summed E-state index contributed by atoms with van der Waals surface area (Å²) in [4.78, 5) is 15.5. The molecular formula is C17H25ClN2O3. The van der Waals surface area contributed by atoms with E-state index in [-0.39, 0.29) is 24.9 Å². The van der Waals surface area contributed by atoms with Crippen LogP contribution in [0.15, 0.2) is 24.4 Å². The zero-order valence-corrected chi connectivity index (χ0v) is 14.4. The first-order valence-corrected chi connectivity index (χ1v) is 7.73. The number of fused-ring (bicyclic) bond motifs is 1. The molecule has 5 nitrogen and oxygen atoms in total. The number of methoxy groups -OCH3 is 1. The molecule has 1 aromatic heterocycles. The average Bonchev–Trinajstić information content (AvgIpc) is 2.95. The third-order valence-corrected chi connectivity index (χ3v) is 3.81. The lowest BCUT2D eigenvalue weighted by molar-refractivity contribution is -0.145. The average molecular weight is 341 g/mol. The van der Waals surface area contributed by atoms with E-state index >= 15 is 0 Å². The first-order valence-electron chi connectivity index (χ1n) is 7.73. The molecule has 23 heavy (non-hydrogen) atoms. The molecule has 1 atom stereocenters. The molecule has 2 rings (SSSR count). The number of ether oxygens (including phenoxy) is 2. The fourth-order valence-corrected chi connectivity index (χ4v) is 2.51. The Labute approximate surface area is 142 Å². The minimum Gasteiger partial charge on any atom is -0.497 e. The van der Waals surface area contributed by atoms with E-state index in [0.717, 1.165) is 41.5 Å². The second kappa shape index (κ2) is 9.43. The number of aromatic nitrogens is 1. The molecule has 6 heteroatoms. The molecule has 0 bridgehead atoms. The number of esters is 1. The van der Waals surface area contributed by atoms with Gasteiger partial charge in [0, 0.05) is 23.6 Å². The Morgan fingerprint density at radius 1 is 1.35 bits per heavy atom. The van der Waals surface area contributed by atoms with Gasteiger partial charge in [-0.3, -0.25) is 4.79 Å². The van der Waals surface area contributed by atoms with Crippen molar-refractivity contribution in [3.05, 3.63) is 30.0 Å². The van der Waals surface area contributed by atoms with E-state index in [1.165, 1.54) is 0 Å². The van der Waals surface area contributed by atoms with E-state index in [1.807, 2.05) is 24.4 Å². The van der Waals surface area contributed by atoms with Gasteiger partial charge in [-0.05, 0) is 30.2 Å². The van der Waals surface area contributed by atoms with Crippen LogP contribution in [-0.4, -0.2) is 31.2 Å². The van der Waals surface area contributed by atoms with Gasteiger partial charge in [-0.25, -0.2) is 0 Å². The molecule has 1 heterocycles. The summed E-state index contributed by atoms with van der Waals surface area (Å²) in [7, 11) is 1.62. The van der Waals surface area contributed by atoms with Crippen molar-refractivity contribution in [2.75, 3.05) is 20.3 Å². The van der Waals surface area contributed by atoms with E-state index in [9.17, 15) is 4.79 Å². The minimum absolute atomic E-state index is 0. The number of hydrogen-bond donors (Lipinski definition) is 2. The van der Waals surface area contributed by atoms with Gasteiger partial charge in [0.15, 0.2) is 0 Å². The van der Waals surface area contributed by atoms with Gasteiger partial charge in [0.25, 0.3) is 0 Å². The number of H-pyrrole nitrogens is 1. The number of rotatable bonds is 8. The molecule has 0 aliphatic carbocycles. The number of benzene rings is 1. The first-order chi connectivity index (χ1) is 10.7. The number of unbranched alkanes of at least 4 members (excludes halogenated alkanes) is 2. The summed E-state index contributed by atoms with van der Waals surface area (Å²) in [6.45, 7) is 2.79. The molecule has 0 saturated heterocycles. The van der Waals surface area contributed by atoms with Gasteiger partial charge in [-0.1, -0.05) is 19.8 Å². The Balaban J connectivity index is 0.00000264. The third-order valence-electron chi connectivity index (χ3n) is 3.81. The van der Waals surface area contributed by atoms with Crippen LogP contribution in [-0.2, 0) is 9.53 Å². The van der Waals surface area contributed by atoms with Crippen LogP contribution in [0.3, 0.4) is 0 Å². The van der Waals surface area contributed by atoms with Gasteiger partial charge in [0.05, 0.1) is 19.6 Å². The molecule has 0 fully saturated rings. The zero-order chi connectivity index (χ0) is 15.9. The van der Waals surface area contributed by atoms with Gasteiger partial charge in [-0.15, -0.1) is 12.4 Å². The molecule has 0 aliphatic heterocycles. The minimum atomic E-state index is -0.456. The smallest absolute Gasteiger partial charge is 0.314 e. The standard InChI is InChI=1S/C17H24N2O3.ClH/c1-3-4-5-8-22-17(20)14(10-18)15-11-19-16-7-6-12(21-2)9-13(15)16;/h6-7,9,11,14,19H,3-5,8,10,18H2,1-2H3;1H. The highest BCUT2D eigenvalue weighted by atomic mass is 35.5. The fraction of sp³-hybridized carbons (Fsp3) is 0.471. The van der Waals surface area contributed by atoms with Crippen LogP contribution in [0.5, 0.6) is 5.75 Å². The molecule has 0 radical (unpaired) electrons. The summed E-state index contributed by atoms with van der Waals surface area (Å²) in [5.74, 6) is 0.0326. The monoisotopic (exact) mass is 340 g/mol. The Morgan fingerprint density at radius 2 is 2.13 bits per heavy atom. The van der Waals surface area contributed by atoms with Crippen molar-refractivity contribution in [1.29, 1.82) is 0 Å². The Kier molecular flexibility index (Phi) is 7.92. The maximum atomic E-state index is 12.3. The summed E-state index contributed by atoms with van der Waals surface area (Å²) in [5.41, 5.74) is 7.62. The van der Waals surface area contributed by atoms with Crippen molar-refractivity contribution < 1.29 is 14.3 Å². The highest BCUT2D eigenvalue weighted by Crippen LogP contribution is 2.29. The van der Waals surface area contributed by atoms with Crippen LogP contribution < -0.4 is 10.5 Å². The van der Waals surface area contributed by atoms with E-state index in [2.05, 4.69) is 11.9 Å². The molecule has 1 unspecified atom stereocenters. The number of nitrogens with one attached hydrogen (secondary N) is 1. The molecule has 1 aromatic carbocycles. The van der Waals surface area contributed by atoms with Crippen LogP contribution >= 0.6 is 12.4 Å². The first kappa shape index (κ1) is 19.3. The van der Waals surface area contributed by atoms with Crippen molar-refractivity contribution in [2.24, 2.45) is 5.73 Å². The highest BCUT2D eigenvalue weighted by molar-refractivity contribution is 5.91. The van der Waals surface area contributed by atoms with Gasteiger partial charge in [0.1, 0.15) is 5.75 Å². The number of halogens is 1. The predicted molar refractivity (Wildman–Crippen MR) is 94.4 cm³/mol. The lowest BCUT2D eigenvalue weighted by Gasteiger charge is -2.14. The topological polar surface area (TPSA) is 77.3 Å². The highest BCUT2D eigenvalue weighted by Gasteiger charge is 2.23. The van der Waals surface area contributed by atoms with Crippen LogP contribution in [0.2, 0.25) is 0 Å². The third kappa shape index (κ3) is 4.62. The van der Waals surface area contributed by atoms with Crippen molar-refractivity contribution in [1.82, 2.24) is 4.98 Å². The van der Waals surface area contributed by atoms with Crippen LogP contribution in [0, 0.1) is 0 Å². The lowest BCUT2D eigenvalue weighted by atomic mass is 9.98. The zero-order valence-electron chi connectivity index (χ0n) is 13.6. The molecule has 0 aliphatic rings.